The lowest BCUT2D eigenvalue weighted by molar-refractivity contribution is -0.894. The molecule has 0 aliphatic carbocycles. The Labute approximate surface area is 122 Å². The highest BCUT2D eigenvalue weighted by molar-refractivity contribution is 5.14. The van der Waals surface area contributed by atoms with Gasteiger partial charge in [0.2, 0.25) is 0 Å². The number of benzene rings is 1. The molecule has 3 saturated heterocycles. The Morgan fingerprint density at radius 1 is 1.05 bits per heavy atom. The summed E-state index contributed by atoms with van der Waals surface area (Å²) in [6, 6.07) is 10.7. The number of piperazine rings is 3. The van der Waals surface area contributed by atoms with Crippen molar-refractivity contribution in [2.45, 2.75) is 6.42 Å². The summed E-state index contributed by atoms with van der Waals surface area (Å²) in [6.07, 6.45) is 5.90. The van der Waals surface area contributed by atoms with E-state index in [9.17, 15) is 0 Å². The molecule has 0 amide bonds. The van der Waals surface area contributed by atoms with Crippen molar-refractivity contribution in [3.05, 3.63) is 48.2 Å². The van der Waals surface area contributed by atoms with E-state index in [-0.39, 0.29) is 0 Å². The van der Waals surface area contributed by atoms with Crippen LogP contribution in [0.4, 0.5) is 0 Å². The van der Waals surface area contributed by atoms with Crippen LogP contribution in [0.15, 0.2) is 42.6 Å². The highest BCUT2D eigenvalue weighted by atomic mass is 15.4. The predicted octanol–water partition coefficient (Wildman–Crippen LogP) is 1.48. The molecule has 1 aromatic rings. The molecule has 3 aliphatic heterocycles. The van der Waals surface area contributed by atoms with E-state index in [4.69, 9.17) is 0 Å². The number of hydrogen-bond donors (Lipinski definition) is 1. The molecule has 0 saturated carbocycles. The monoisotopic (exact) mass is 272 g/mol. The van der Waals surface area contributed by atoms with Gasteiger partial charge in [0.25, 0.3) is 0 Å². The molecule has 108 valence electrons. The van der Waals surface area contributed by atoms with E-state index in [0.717, 1.165) is 19.5 Å². The van der Waals surface area contributed by atoms with Gasteiger partial charge in [-0.3, -0.25) is 9.38 Å². The fourth-order valence-corrected chi connectivity index (χ4v) is 3.26. The molecule has 20 heavy (non-hydrogen) atoms. The van der Waals surface area contributed by atoms with Crippen LogP contribution in [0.1, 0.15) is 5.56 Å². The zero-order chi connectivity index (χ0) is 13.7. The van der Waals surface area contributed by atoms with Crippen molar-refractivity contribution in [1.29, 1.82) is 0 Å². The molecule has 2 bridgehead atoms. The molecule has 1 aromatic carbocycles. The van der Waals surface area contributed by atoms with E-state index in [1.54, 1.807) is 0 Å². The summed E-state index contributed by atoms with van der Waals surface area (Å²) in [5, 5.41) is 3.52. The van der Waals surface area contributed by atoms with Crippen LogP contribution < -0.4 is 5.32 Å². The fraction of sp³-hybridized carbons (Fsp3) is 0.529. The molecule has 3 nitrogen and oxygen atoms in total. The van der Waals surface area contributed by atoms with Gasteiger partial charge in [-0.2, -0.15) is 0 Å². The van der Waals surface area contributed by atoms with E-state index in [1.807, 2.05) is 0 Å². The van der Waals surface area contributed by atoms with Crippen LogP contribution in [-0.4, -0.2) is 61.7 Å². The van der Waals surface area contributed by atoms with Crippen molar-refractivity contribution in [3.63, 3.8) is 0 Å². The fourth-order valence-electron chi connectivity index (χ4n) is 3.26. The minimum atomic E-state index is 0.997. The summed E-state index contributed by atoms with van der Waals surface area (Å²) in [5.41, 5.74) is 1.41. The lowest BCUT2D eigenvalue weighted by atomic mass is 10.1. The molecule has 3 heterocycles. The summed E-state index contributed by atoms with van der Waals surface area (Å²) in [6.45, 7) is 9.82. The van der Waals surface area contributed by atoms with Crippen molar-refractivity contribution < 1.29 is 4.48 Å². The van der Waals surface area contributed by atoms with Gasteiger partial charge in [0.1, 0.15) is 0 Å². The third-order valence-corrected chi connectivity index (χ3v) is 4.70. The van der Waals surface area contributed by atoms with Gasteiger partial charge in [0, 0.05) is 26.2 Å². The second-order valence-corrected chi connectivity index (χ2v) is 6.06. The van der Waals surface area contributed by atoms with Crippen LogP contribution in [0, 0.1) is 0 Å². The smallest absolute Gasteiger partial charge is 0.0958 e. The number of nitrogens with one attached hydrogen (secondary N) is 1. The molecule has 0 atom stereocenters. The van der Waals surface area contributed by atoms with Crippen molar-refractivity contribution in [3.8, 4) is 0 Å². The van der Waals surface area contributed by atoms with E-state index >= 15 is 0 Å². The van der Waals surface area contributed by atoms with E-state index in [0.29, 0.717) is 0 Å². The first-order chi connectivity index (χ1) is 9.86. The van der Waals surface area contributed by atoms with Crippen LogP contribution in [0.5, 0.6) is 0 Å². The molecule has 4 rings (SSSR count). The Bertz CT molecular complexity index is 419. The standard InChI is InChI=1S/C17H26N3/c1-2-5-17(6-3-1)7-9-18-8-4-13-20-14-10-19(11-15-20)12-16-20/h1-6,13,18H,7-12,14-16H2/q+1/b13-4+. The average Bonchev–Trinajstić information content (AvgIpc) is 2.53. The van der Waals surface area contributed by atoms with Crippen LogP contribution in [0.25, 0.3) is 0 Å². The van der Waals surface area contributed by atoms with Gasteiger partial charge in [0.05, 0.1) is 25.8 Å². The third-order valence-electron chi connectivity index (χ3n) is 4.70. The minimum absolute atomic E-state index is 0.997. The first kappa shape index (κ1) is 13.8. The van der Waals surface area contributed by atoms with Gasteiger partial charge in [-0.15, -0.1) is 0 Å². The van der Waals surface area contributed by atoms with Gasteiger partial charge in [-0.25, -0.2) is 0 Å². The summed E-state index contributed by atoms with van der Waals surface area (Å²) >= 11 is 0. The highest BCUT2D eigenvalue weighted by Crippen LogP contribution is 2.19. The van der Waals surface area contributed by atoms with Crippen LogP contribution in [0.2, 0.25) is 0 Å². The summed E-state index contributed by atoms with van der Waals surface area (Å²) in [5.74, 6) is 0. The number of quaternary nitrogens is 1. The Hall–Kier alpha value is -1.16. The van der Waals surface area contributed by atoms with Crippen LogP contribution >= 0.6 is 0 Å². The SMILES string of the molecule is C(=C\[N+]12CCN(CC1)CC2)/CNCCc1ccccc1. The second kappa shape index (κ2) is 6.53. The van der Waals surface area contributed by atoms with E-state index in [2.05, 4.69) is 52.8 Å². The normalized spacial score (nSPS) is 29.1. The molecule has 0 radical (unpaired) electrons. The summed E-state index contributed by atoms with van der Waals surface area (Å²) in [7, 11) is 0. The highest BCUT2D eigenvalue weighted by Gasteiger charge is 2.36. The Morgan fingerprint density at radius 2 is 1.75 bits per heavy atom. The minimum Gasteiger partial charge on any atom is -0.313 e. The molecule has 0 aromatic heterocycles. The van der Waals surface area contributed by atoms with Gasteiger partial charge in [0.15, 0.2) is 0 Å². The number of rotatable bonds is 6. The number of fused-ring (bicyclic) bond motifs is 3. The Morgan fingerprint density at radius 3 is 2.45 bits per heavy atom. The Kier molecular flexibility index (Phi) is 4.51. The third kappa shape index (κ3) is 3.48. The van der Waals surface area contributed by atoms with Crippen LogP contribution in [0.3, 0.4) is 0 Å². The van der Waals surface area contributed by atoms with Gasteiger partial charge < -0.3 is 5.32 Å². The summed E-state index contributed by atoms with van der Waals surface area (Å²) < 4.78 is 1.22. The average molecular weight is 272 g/mol. The molecule has 0 unspecified atom stereocenters. The zero-order valence-electron chi connectivity index (χ0n) is 12.3. The van der Waals surface area contributed by atoms with Gasteiger partial charge >= 0.3 is 0 Å². The zero-order valence-corrected chi connectivity index (χ0v) is 12.3. The predicted molar refractivity (Wildman–Crippen MR) is 83.5 cm³/mol. The molecule has 3 aliphatic rings. The lowest BCUT2D eigenvalue weighted by Crippen LogP contribution is -2.64. The van der Waals surface area contributed by atoms with Gasteiger partial charge in [-0.1, -0.05) is 30.3 Å². The molecular weight excluding hydrogens is 246 g/mol. The molecular formula is C17H26N3+. The molecule has 3 heteroatoms. The van der Waals surface area contributed by atoms with E-state index < -0.39 is 0 Å². The number of hydrogen-bond acceptors (Lipinski definition) is 2. The first-order valence-corrected chi connectivity index (χ1v) is 7.87. The topological polar surface area (TPSA) is 15.3 Å². The second-order valence-electron chi connectivity index (χ2n) is 6.06. The first-order valence-electron chi connectivity index (χ1n) is 7.87. The molecule has 1 N–H and O–H groups in total. The number of nitrogens with zero attached hydrogens (tertiary/aromatic N) is 2. The quantitative estimate of drug-likeness (QED) is 0.623. The largest absolute Gasteiger partial charge is 0.313 e. The summed E-state index contributed by atoms with van der Waals surface area (Å²) in [4.78, 5) is 2.59. The Balaban J connectivity index is 1.36. The van der Waals surface area contributed by atoms with Gasteiger partial charge in [-0.05, 0) is 24.6 Å². The van der Waals surface area contributed by atoms with Crippen molar-refractivity contribution in [2.24, 2.45) is 0 Å². The van der Waals surface area contributed by atoms with Crippen molar-refractivity contribution in [1.82, 2.24) is 10.2 Å². The maximum absolute atomic E-state index is 3.52. The van der Waals surface area contributed by atoms with Crippen molar-refractivity contribution in [2.75, 3.05) is 52.4 Å². The maximum atomic E-state index is 3.52. The van der Waals surface area contributed by atoms with Crippen molar-refractivity contribution >= 4 is 0 Å². The lowest BCUT2D eigenvalue weighted by Gasteiger charge is -2.48. The maximum Gasteiger partial charge on any atom is 0.0958 e. The molecule has 3 fully saturated rings. The van der Waals surface area contributed by atoms with Crippen LogP contribution in [-0.2, 0) is 6.42 Å². The van der Waals surface area contributed by atoms with E-state index in [1.165, 1.54) is 49.3 Å². The molecule has 0 spiro atoms.